The summed E-state index contributed by atoms with van der Waals surface area (Å²) in [5.41, 5.74) is 1.60. The van der Waals surface area contributed by atoms with E-state index in [0.717, 1.165) is 5.56 Å². The number of para-hydroxylation sites is 1. The van der Waals surface area contributed by atoms with Crippen LogP contribution in [0.4, 0.5) is 5.69 Å². The summed E-state index contributed by atoms with van der Waals surface area (Å²) in [6, 6.07) is 11.6. The van der Waals surface area contributed by atoms with Crippen molar-refractivity contribution in [1.82, 2.24) is 0 Å². The number of anilines is 1. The summed E-state index contributed by atoms with van der Waals surface area (Å²) >= 11 is 6.14. The van der Waals surface area contributed by atoms with Crippen molar-refractivity contribution in [2.24, 2.45) is 0 Å². The standard InChI is InChI=1S/C19H20ClNO5/c1-25-11-12-26-18-15(20)3-2-4-16(18)21-17(22)10-7-13-5-8-14(9-6-13)19(23)24/h2-6,8-9H,7,10-12H2,1H3,(H,21,22)(H,23,24). The Morgan fingerprint density at radius 1 is 1.12 bits per heavy atom. The molecule has 7 heteroatoms. The highest BCUT2D eigenvalue weighted by Gasteiger charge is 2.12. The smallest absolute Gasteiger partial charge is 0.335 e. The van der Waals surface area contributed by atoms with Crippen molar-refractivity contribution in [3.8, 4) is 5.75 Å². The Morgan fingerprint density at radius 2 is 1.85 bits per heavy atom. The number of carboxylic acid groups (broad SMARTS) is 1. The number of aromatic carboxylic acids is 1. The first kappa shape index (κ1) is 19.8. The summed E-state index contributed by atoms with van der Waals surface area (Å²) in [6.45, 7) is 0.726. The molecule has 0 aliphatic carbocycles. The Bertz CT molecular complexity index is 761. The third-order valence-electron chi connectivity index (χ3n) is 3.62. The van der Waals surface area contributed by atoms with Gasteiger partial charge < -0.3 is 19.9 Å². The SMILES string of the molecule is COCCOc1c(Cl)cccc1NC(=O)CCc1ccc(C(=O)O)cc1. The zero-order chi connectivity index (χ0) is 18.9. The topological polar surface area (TPSA) is 84.9 Å². The monoisotopic (exact) mass is 377 g/mol. The van der Waals surface area contributed by atoms with Gasteiger partial charge in [0.05, 0.1) is 22.9 Å². The maximum absolute atomic E-state index is 12.2. The summed E-state index contributed by atoms with van der Waals surface area (Å²) < 4.78 is 10.5. The fraction of sp³-hybridized carbons (Fsp3) is 0.263. The van der Waals surface area contributed by atoms with Crippen molar-refractivity contribution in [3.63, 3.8) is 0 Å². The minimum absolute atomic E-state index is 0.189. The summed E-state index contributed by atoms with van der Waals surface area (Å²) in [5.74, 6) is -0.757. The number of carbonyl (C=O) groups is 2. The van der Waals surface area contributed by atoms with Gasteiger partial charge in [0.2, 0.25) is 5.91 Å². The second-order valence-electron chi connectivity index (χ2n) is 5.51. The maximum Gasteiger partial charge on any atom is 0.335 e. The average molecular weight is 378 g/mol. The van der Waals surface area contributed by atoms with E-state index < -0.39 is 5.97 Å². The quantitative estimate of drug-likeness (QED) is 0.652. The van der Waals surface area contributed by atoms with Crippen molar-refractivity contribution < 1.29 is 24.2 Å². The molecule has 6 nitrogen and oxygen atoms in total. The molecule has 0 saturated heterocycles. The fourth-order valence-corrected chi connectivity index (χ4v) is 2.49. The number of benzene rings is 2. The lowest BCUT2D eigenvalue weighted by molar-refractivity contribution is -0.116. The van der Waals surface area contributed by atoms with Crippen molar-refractivity contribution in [1.29, 1.82) is 0 Å². The number of carbonyl (C=O) groups excluding carboxylic acids is 1. The molecule has 0 bridgehead atoms. The van der Waals surface area contributed by atoms with Gasteiger partial charge in [-0.25, -0.2) is 4.79 Å². The molecule has 0 saturated carbocycles. The molecule has 0 fully saturated rings. The third-order valence-corrected chi connectivity index (χ3v) is 3.91. The van der Waals surface area contributed by atoms with E-state index in [1.807, 2.05) is 0 Å². The molecule has 0 unspecified atom stereocenters. The van der Waals surface area contributed by atoms with E-state index in [1.165, 1.54) is 12.1 Å². The third kappa shape index (κ3) is 5.75. The van der Waals surface area contributed by atoms with Crippen molar-refractivity contribution in [3.05, 3.63) is 58.6 Å². The Morgan fingerprint density at radius 3 is 2.50 bits per heavy atom. The molecule has 2 N–H and O–H groups in total. The van der Waals surface area contributed by atoms with Gasteiger partial charge >= 0.3 is 5.97 Å². The van der Waals surface area contributed by atoms with E-state index in [9.17, 15) is 9.59 Å². The lowest BCUT2D eigenvalue weighted by Crippen LogP contribution is -2.14. The van der Waals surface area contributed by atoms with Crippen LogP contribution in [-0.2, 0) is 16.0 Å². The van der Waals surface area contributed by atoms with Gasteiger partial charge in [-0.1, -0.05) is 29.8 Å². The van der Waals surface area contributed by atoms with E-state index in [2.05, 4.69) is 5.32 Å². The molecular weight excluding hydrogens is 358 g/mol. The molecule has 0 atom stereocenters. The van der Waals surface area contributed by atoms with Crippen LogP contribution in [0.15, 0.2) is 42.5 Å². The van der Waals surface area contributed by atoms with Gasteiger partial charge in [0.1, 0.15) is 6.61 Å². The number of aryl methyl sites for hydroxylation is 1. The number of nitrogens with one attached hydrogen (secondary N) is 1. The molecular formula is C19H20ClNO5. The van der Waals surface area contributed by atoms with Crippen LogP contribution in [0.25, 0.3) is 0 Å². The molecule has 2 rings (SSSR count). The Labute approximate surface area is 156 Å². The number of halogens is 1. The van der Waals surface area contributed by atoms with Crippen LogP contribution in [0.1, 0.15) is 22.3 Å². The molecule has 2 aromatic rings. The Kier molecular flexibility index (Phi) is 7.44. The van der Waals surface area contributed by atoms with Crippen LogP contribution >= 0.6 is 11.6 Å². The van der Waals surface area contributed by atoms with Gasteiger partial charge in [0.15, 0.2) is 5.75 Å². The summed E-state index contributed by atoms with van der Waals surface area (Å²) in [4.78, 5) is 23.1. The van der Waals surface area contributed by atoms with Gasteiger partial charge in [0, 0.05) is 13.5 Å². The predicted molar refractivity (Wildman–Crippen MR) is 99.2 cm³/mol. The van der Waals surface area contributed by atoms with E-state index in [4.69, 9.17) is 26.2 Å². The number of hydrogen-bond donors (Lipinski definition) is 2. The number of amides is 1. The second-order valence-corrected chi connectivity index (χ2v) is 5.92. The lowest BCUT2D eigenvalue weighted by Gasteiger charge is -2.14. The highest BCUT2D eigenvalue weighted by Crippen LogP contribution is 2.33. The first-order chi connectivity index (χ1) is 12.5. The minimum Gasteiger partial charge on any atom is -0.487 e. The van der Waals surface area contributed by atoms with Crippen LogP contribution in [0.2, 0.25) is 5.02 Å². The molecule has 0 radical (unpaired) electrons. The molecule has 1 amide bonds. The molecule has 0 heterocycles. The van der Waals surface area contributed by atoms with E-state index in [0.29, 0.717) is 36.1 Å². The average Bonchev–Trinajstić information content (AvgIpc) is 2.62. The summed E-state index contributed by atoms with van der Waals surface area (Å²) in [5, 5.41) is 12.1. The normalized spacial score (nSPS) is 10.4. The highest BCUT2D eigenvalue weighted by atomic mass is 35.5. The predicted octanol–water partition coefficient (Wildman–Crippen LogP) is 3.63. The minimum atomic E-state index is -0.976. The largest absolute Gasteiger partial charge is 0.487 e. The Balaban J connectivity index is 1.95. The van der Waals surface area contributed by atoms with E-state index >= 15 is 0 Å². The van der Waals surface area contributed by atoms with Crippen LogP contribution in [0.5, 0.6) is 5.75 Å². The zero-order valence-electron chi connectivity index (χ0n) is 14.3. The number of rotatable bonds is 9. The highest BCUT2D eigenvalue weighted by molar-refractivity contribution is 6.32. The molecule has 2 aromatic carbocycles. The number of ether oxygens (including phenoxy) is 2. The first-order valence-corrected chi connectivity index (χ1v) is 8.41. The van der Waals surface area contributed by atoms with Gasteiger partial charge in [-0.2, -0.15) is 0 Å². The Hall–Kier alpha value is -2.57. The zero-order valence-corrected chi connectivity index (χ0v) is 15.1. The van der Waals surface area contributed by atoms with Crippen LogP contribution in [0.3, 0.4) is 0 Å². The molecule has 0 aliphatic heterocycles. The molecule has 26 heavy (non-hydrogen) atoms. The van der Waals surface area contributed by atoms with Gasteiger partial charge in [-0.3, -0.25) is 4.79 Å². The maximum atomic E-state index is 12.2. The summed E-state index contributed by atoms with van der Waals surface area (Å²) in [7, 11) is 1.57. The first-order valence-electron chi connectivity index (χ1n) is 8.03. The number of carboxylic acids is 1. The van der Waals surface area contributed by atoms with E-state index in [-0.39, 0.29) is 17.9 Å². The van der Waals surface area contributed by atoms with Gasteiger partial charge in [-0.05, 0) is 36.2 Å². The fourth-order valence-electron chi connectivity index (χ4n) is 2.27. The molecule has 0 aliphatic rings. The van der Waals surface area contributed by atoms with Crippen LogP contribution in [-0.4, -0.2) is 37.3 Å². The van der Waals surface area contributed by atoms with Gasteiger partial charge in [-0.15, -0.1) is 0 Å². The molecule has 138 valence electrons. The second kappa shape index (κ2) is 9.79. The molecule has 0 aromatic heterocycles. The number of methoxy groups -OCH3 is 1. The van der Waals surface area contributed by atoms with Crippen LogP contribution in [0, 0.1) is 0 Å². The van der Waals surface area contributed by atoms with Gasteiger partial charge in [0.25, 0.3) is 0 Å². The lowest BCUT2D eigenvalue weighted by atomic mass is 10.1. The van der Waals surface area contributed by atoms with Crippen molar-refractivity contribution >= 4 is 29.2 Å². The molecule has 0 spiro atoms. The van der Waals surface area contributed by atoms with Crippen LogP contribution < -0.4 is 10.1 Å². The number of hydrogen-bond acceptors (Lipinski definition) is 4. The van der Waals surface area contributed by atoms with E-state index in [1.54, 1.807) is 37.4 Å². The van der Waals surface area contributed by atoms with Crippen molar-refractivity contribution in [2.75, 3.05) is 25.6 Å². The summed E-state index contributed by atoms with van der Waals surface area (Å²) in [6.07, 6.45) is 0.739. The van der Waals surface area contributed by atoms with Crippen molar-refractivity contribution in [2.45, 2.75) is 12.8 Å².